The van der Waals surface area contributed by atoms with Crippen molar-refractivity contribution in [3.63, 3.8) is 0 Å². The summed E-state index contributed by atoms with van der Waals surface area (Å²) in [5, 5.41) is 11.1. The fraction of sp³-hybridized carbons (Fsp3) is 0.318. The molecule has 1 atom stereocenters. The normalized spacial score (nSPS) is 11.6. The minimum Gasteiger partial charge on any atom is -0.490 e. The third kappa shape index (κ3) is 5.46. The Kier molecular flexibility index (Phi) is 7.36. The van der Waals surface area contributed by atoms with Crippen molar-refractivity contribution >= 4 is 23.3 Å². The lowest BCUT2D eigenvalue weighted by atomic mass is 10.1. The van der Waals surface area contributed by atoms with Crippen LogP contribution in [-0.2, 0) is 4.79 Å². The van der Waals surface area contributed by atoms with Gasteiger partial charge in [-0.15, -0.1) is 0 Å². The maximum atomic E-state index is 12.6. The Labute approximate surface area is 185 Å². The van der Waals surface area contributed by atoms with Gasteiger partial charge in [-0.05, 0) is 80.0 Å². The van der Waals surface area contributed by atoms with E-state index in [9.17, 15) is 4.79 Å². The Hall–Kier alpha value is -3.26. The first-order valence-corrected chi connectivity index (χ1v) is 10.3. The summed E-state index contributed by atoms with van der Waals surface area (Å²) in [6, 6.07) is 10.5. The molecule has 0 aliphatic carbocycles. The molecule has 0 unspecified atom stereocenters. The van der Waals surface area contributed by atoms with Crippen molar-refractivity contribution < 1.29 is 23.6 Å². The van der Waals surface area contributed by atoms with Gasteiger partial charge in [0.05, 0.1) is 13.2 Å². The summed E-state index contributed by atoms with van der Waals surface area (Å²) in [5.41, 5.74) is 1.88. The van der Waals surface area contributed by atoms with Crippen molar-refractivity contribution in [1.29, 1.82) is 0 Å². The Morgan fingerprint density at radius 3 is 2.55 bits per heavy atom. The van der Waals surface area contributed by atoms with Crippen LogP contribution in [0.4, 0.5) is 5.82 Å². The Bertz CT molecular complexity index is 1050. The second-order valence-corrected chi connectivity index (χ2v) is 7.06. The fourth-order valence-corrected chi connectivity index (χ4v) is 2.94. The predicted molar refractivity (Wildman–Crippen MR) is 117 cm³/mol. The van der Waals surface area contributed by atoms with E-state index < -0.39 is 12.0 Å². The molecule has 0 spiro atoms. The minimum absolute atomic E-state index is 0.180. The SMILES string of the molecule is CCOc1ccc(-c2nonc2NC(=O)[C@H](C)Oc2ccc(Cl)c(C)c2)cc1OCC. The molecule has 0 fully saturated rings. The van der Waals surface area contributed by atoms with Gasteiger partial charge in [0.1, 0.15) is 5.75 Å². The number of aryl methyl sites for hydroxylation is 1. The monoisotopic (exact) mass is 445 g/mol. The third-order valence-corrected chi connectivity index (χ3v) is 4.78. The number of carbonyl (C=O) groups is 1. The molecule has 1 heterocycles. The first-order chi connectivity index (χ1) is 14.9. The van der Waals surface area contributed by atoms with E-state index in [2.05, 4.69) is 15.6 Å². The highest BCUT2D eigenvalue weighted by atomic mass is 35.5. The summed E-state index contributed by atoms with van der Waals surface area (Å²) in [7, 11) is 0. The highest BCUT2D eigenvalue weighted by Crippen LogP contribution is 2.34. The number of aromatic nitrogens is 2. The molecule has 2 aromatic carbocycles. The van der Waals surface area contributed by atoms with Crippen molar-refractivity contribution in [1.82, 2.24) is 10.3 Å². The first-order valence-electron chi connectivity index (χ1n) is 9.89. The molecule has 0 saturated heterocycles. The van der Waals surface area contributed by atoms with Gasteiger partial charge in [-0.2, -0.15) is 0 Å². The molecular weight excluding hydrogens is 422 g/mol. The van der Waals surface area contributed by atoms with Crippen molar-refractivity contribution in [2.24, 2.45) is 0 Å². The fourth-order valence-electron chi connectivity index (χ4n) is 2.82. The first kappa shape index (κ1) is 22.4. The molecule has 8 nitrogen and oxygen atoms in total. The van der Waals surface area contributed by atoms with Crippen LogP contribution in [0.1, 0.15) is 26.3 Å². The molecule has 3 rings (SSSR count). The van der Waals surface area contributed by atoms with Gasteiger partial charge in [0.2, 0.25) is 5.82 Å². The number of ether oxygens (including phenoxy) is 3. The summed E-state index contributed by atoms with van der Waals surface area (Å²) < 4.78 is 21.8. The van der Waals surface area contributed by atoms with Gasteiger partial charge >= 0.3 is 0 Å². The standard InChI is InChI=1S/C22H24ClN3O5/c1-5-28-18-10-7-15(12-19(18)29-6-2)20-21(26-31-25-20)24-22(27)14(4)30-16-8-9-17(23)13(3)11-16/h7-12,14H,5-6H2,1-4H3,(H,24,26,27)/t14-/m0/s1. The predicted octanol–water partition coefficient (Wildman–Crippen LogP) is 4.90. The highest BCUT2D eigenvalue weighted by molar-refractivity contribution is 6.31. The molecule has 1 N–H and O–H groups in total. The molecule has 1 aromatic heterocycles. The topological polar surface area (TPSA) is 95.7 Å². The van der Waals surface area contributed by atoms with Crippen LogP contribution in [0.15, 0.2) is 41.0 Å². The van der Waals surface area contributed by atoms with Crippen molar-refractivity contribution in [3.05, 3.63) is 47.0 Å². The van der Waals surface area contributed by atoms with Crippen molar-refractivity contribution in [3.8, 4) is 28.5 Å². The van der Waals surface area contributed by atoms with E-state index in [1.807, 2.05) is 20.8 Å². The number of amides is 1. The Morgan fingerprint density at radius 2 is 1.84 bits per heavy atom. The van der Waals surface area contributed by atoms with Crippen LogP contribution in [0.3, 0.4) is 0 Å². The lowest BCUT2D eigenvalue weighted by molar-refractivity contribution is -0.122. The van der Waals surface area contributed by atoms with Gasteiger partial charge < -0.3 is 19.5 Å². The molecule has 0 bridgehead atoms. The summed E-state index contributed by atoms with van der Waals surface area (Å²) >= 11 is 6.03. The van der Waals surface area contributed by atoms with Crippen molar-refractivity contribution in [2.75, 3.05) is 18.5 Å². The number of anilines is 1. The van der Waals surface area contributed by atoms with E-state index in [0.29, 0.717) is 46.7 Å². The molecule has 0 saturated carbocycles. The summed E-state index contributed by atoms with van der Waals surface area (Å²) in [6.07, 6.45) is -0.788. The smallest absolute Gasteiger partial charge is 0.266 e. The van der Waals surface area contributed by atoms with Crippen LogP contribution in [0.5, 0.6) is 17.2 Å². The second-order valence-electron chi connectivity index (χ2n) is 6.65. The number of nitrogens with one attached hydrogen (secondary N) is 1. The molecule has 31 heavy (non-hydrogen) atoms. The van der Waals surface area contributed by atoms with E-state index in [0.717, 1.165) is 5.56 Å². The van der Waals surface area contributed by atoms with Gasteiger partial charge in [-0.3, -0.25) is 4.79 Å². The average molecular weight is 446 g/mol. The van der Waals surface area contributed by atoms with Crippen LogP contribution >= 0.6 is 11.6 Å². The van der Waals surface area contributed by atoms with E-state index in [4.69, 9.17) is 30.4 Å². The number of rotatable bonds is 9. The van der Waals surface area contributed by atoms with Gasteiger partial charge in [-0.1, -0.05) is 11.6 Å². The quantitative estimate of drug-likeness (QED) is 0.500. The molecule has 0 aliphatic heterocycles. The number of hydrogen-bond acceptors (Lipinski definition) is 7. The second kappa shape index (κ2) is 10.2. The summed E-state index contributed by atoms with van der Waals surface area (Å²) in [4.78, 5) is 12.6. The number of nitrogens with zero attached hydrogens (tertiary/aromatic N) is 2. The molecule has 0 radical (unpaired) electrons. The largest absolute Gasteiger partial charge is 0.490 e. The van der Waals surface area contributed by atoms with Crippen LogP contribution in [0, 0.1) is 6.92 Å². The maximum absolute atomic E-state index is 12.6. The van der Waals surface area contributed by atoms with Gasteiger partial charge in [-0.25, -0.2) is 4.63 Å². The number of carbonyl (C=O) groups excluding carboxylic acids is 1. The van der Waals surface area contributed by atoms with Gasteiger partial charge in [0.25, 0.3) is 5.91 Å². The third-order valence-electron chi connectivity index (χ3n) is 4.36. The van der Waals surface area contributed by atoms with Crippen LogP contribution in [0.25, 0.3) is 11.3 Å². The Balaban J connectivity index is 1.76. The zero-order valence-electron chi connectivity index (χ0n) is 17.8. The van der Waals surface area contributed by atoms with E-state index in [1.54, 1.807) is 43.3 Å². The molecule has 164 valence electrons. The molecule has 1 amide bonds. The van der Waals surface area contributed by atoms with E-state index in [-0.39, 0.29) is 5.82 Å². The molecular formula is C22H24ClN3O5. The highest BCUT2D eigenvalue weighted by Gasteiger charge is 2.21. The lowest BCUT2D eigenvalue weighted by Gasteiger charge is -2.15. The average Bonchev–Trinajstić information content (AvgIpc) is 3.20. The van der Waals surface area contributed by atoms with Gasteiger partial charge in [0, 0.05) is 10.6 Å². The van der Waals surface area contributed by atoms with E-state index >= 15 is 0 Å². The molecule has 9 heteroatoms. The maximum Gasteiger partial charge on any atom is 0.266 e. The molecule has 0 aliphatic rings. The summed E-state index contributed by atoms with van der Waals surface area (Å²) in [6.45, 7) is 8.26. The summed E-state index contributed by atoms with van der Waals surface area (Å²) in [5.74, 6) is 1.50. The van der Waals surface area contributed by atoms with Crippen LogP contribution < -0.4 is 19.5 Å². The minimum atomic E-state index is -0.788. The van der Waals surface area contributed by atoms with Crippen molar-refractivity contribution in [2.45, 2.75) is 33.8 Å². The zero-order chi connectivity index (χ0) is 22.4. The van der Waals surface area contributed by atoms with Gasteiger partial charge in [0.15, 0.2) is 23.3 Å². The number of hydrogen-bond donors (Lipinski definition) is 1. The van der Waals surface area contributed by atoms with E-state index in [1.165, 1.54) is 0 Å². The number of halogens is 1. The number of benzene rings is 2. The van der Waals surface area contributed by atoms with Crippen LogP contribution in [0.2, 0.25) is 5.02 Å². The molecule has 3 aromatic rings. The zero-order valence-corrected chi connectivity index (χ0v) is 18.5. The lowest BCUT2D eigenvalue weighted by Crippen LogP contribution is -2.30. The van der Waals surface area contributed by atoms with Crippen LogP contribution in [-0.4, -0.2) is 35.5 Å². The Morgan fingerprint density at radius 1 is 1.10 bits per heavy atom.